The molecule has 100 valence electrons. The van der Waals surface area contributed by atoms with Crippen molar-refractivity contribution < 1.29 is 13.2 Å². The van der Waals surface area contributed by atoms with Gasteiger partial charge in [-0.15, -0.1) is 11.3 Å². The number of aromatic nitrogens is 1. The molecule has 0 aliphatic carbocycles. The van der Waals surface area contributed by atoms with Gasteiger partial charge < -0.3 is 0 Å². The highest BCUT2D eigenvalue weighted by Crippen LogP contribution is 2.21. The summed E-state index contributed by atoms with van der Waals surface area (Å²) in [5.74, 6) is -0.824. The fourth-order valence-corrected chi connectivity index (χ4v) is 3.49. The summed E-state index contributed by atoms with van der Waals surface area (Å²) in [6, 6.07) is 4.15. The molecule has 0 atom stereocenters. The van der Waals surface area contributed by atoms with Crippen molar-refractivity contribution in [2.75, 3.05) is 0 Å². The Kier molecular flexibility index (Phi) is 4.10. The molecule has 9 heteroatoms. The van der Waals surface area contributed by atoms with Gasteiger partial charge in [0.1, 0.15) is 0 Å². The Hall–Kier alpha value is -1.15. The molecular formula is C10H6Cl2N2O3S2. The van der Waals surface area contributed by atoms with Crippen molar-refractivity contribution >= 4 is 50.5 Å². The summed E-state index contributed by atoms with van der Waals surface area (Å²) >= 11 is 12.4. The van der Waals surface area contributed by atoms with Crippen LogP contribution in [-0.2, 0) is 10.0 Å². The summed E-state index contributed by atoms with van der Waals surface area (Å²) in [6.45, 7) is 0. The van der Waals surface area contributed by atoms with Crippen LogP contribution in [0.25, 0.3) is 0 Å². The van der Waals surface area contributed by atoms with Crippen LogP contribution >= 0.6 is 34.5 Å². The normalized spacial score (nSPS) is 11.3. The van der Waals surface area contributed by atoms with Crippen molar-refractivity contribution in [1.29, 1.82) is 0 Å². The molecule has 0 aliphatic heterocycles. The van der Waals surface area contributed by atoms with Crippen LogP contribution in [0.5, 0.6) is 0 Å². The van der Waals surface area contributed by atoms with Crippen LogP contribution in [0.2, 0.25) is 10.0 Å². The molecule has 0 aliphatic rings. The lowest BCUT2D eigenvalue weighted by molar-refractivity contribution is 0.0981. The number of thiazole rings is 1. The Morgan fingerprint density at radius 3 is 2.63 bits per heavy atom. The van der Waals surface area contributed by atoms with E-state index >= 15 is 0 Å². The van der Waals surface area contributed by atoms with Crippen molar-refractivity contribution in [3.63, 3.8) is 0 Å². The number of benzene rings is 1. The third kappa shape index (κ3) is 3.24. The van der Waals surface area contributed by atoms with E-state index in [1.165, 1.54) is 23.7 Å². The first-order valence-corrected chi connectivity index (χ1v) is 7.93. The molecule has 0 fully saturated rings. The Balaban J connectivity index is 2.27. The van der Waals surface area contributed by atoms with E-state index in [1.54, 1.807) is 0 Å². The van der Waals surface area contributed by atoms with Gasteiger partial charge in [0, 0.05) is 5.02 Å². The lowest BCUT2D eigenvalue weighted by Crippen LogP contribution is -2.30. The molecular weight excluding hydrogens is 331 g/mol. The van der Waals surface area contributed by atoms with E-state index in [9.17, 15) is 13.2 Å². The van der Waals surface area contributed by atoms with Crippen LogP contribution in [0, 0.1) is 0 Å². The number of hydrogen-bond donors (Lipinski definition) is 1. The topological polar surface area (TPSA) is 76.1 Å². The Morgan fingerprint density at radius 2 is 2.05 bits per heavy atom. The lowest BCUT2D eigenvalue weighted by Gasteiger charge is -2.06. The first-order chi connectivity index (χ1) is 8.90. The van der Waals surface area contributed by atoms with Gasteiger partial charge in [0.2, 0.25) is 0 Å². The summed E-state index contributed by atoms with van der Waals surface area (Å²) < 4.78 is 25.5. The summed E-state index contributed by atoms with van der Waals surface area (Å²) in [5.41, 5.74) is 1.38. The second-order valence-electron chi connectivity index (χ2n) is 3.38. The molecule has 1 amide bonds. The predicted octanol–water partition coefficient (Wildman–Crippen LogP) is 2.57. The predicted molar refractivity (Wildman–Crippen MR) is 73.2 cm³/mol. The van der Waals surface area contributed by atoms with Crippen molar-refractivity contribution in [2.45, 2.75) is 4.21 Å². The molecule has 1 N–H and O–H groups in total. The standard InChI is InChI=1S/C10H6Cl2N2O3S2/c11-6-1-2-7(8(12)3-6)10(15)14-19(16,17)9-4-13-5-18-9/h1-5H,(H,14,15). The minimum absolute atomic E-state index is 0.0270. The zero-order valence-corrected chi connectivity index (χ0v) is 12.3. The van der Waals surface area contributed by atoms with Gasteiger partial charge in [-0.05, 0) is 18.2 Å². The van der Waals surface area contributed by atoms with Crippen LogP contribution < -0.4 is 4.72 Å². The maximum atomic E-state index is 11.9. The van der Waals surface area contributed by atoms with Crippen molar-refractivity contribution in [2.24, 2.45) is 0 Å². The van der Waals surface area contributed by atoms with Gasteiger partial charge in [-0.3, -0.25) is 9.78 Å². The minimum Gasteiger partial charge on any atom is -0.268 e. The molecule has 19 heavy (non-hydrogen) atoms. The molecule has 0 saturated carbocycles. The fraction of sp³-hybridized carbons (Fsp3) is 0. The maximum Gasteiger partial charge on any atom is 0.275 e. The molecule has 0 saturated heterocycles. The molecule has 1 aromatic carbocycles. The molecule has 1 aromatic heterocycles. The SMILES string of the molecule is O=C(NS(=O)(=O)c1cncs1)c1ccc(Cl)cc1Cl. The van der Waals surface area contributed by atoms with E-state index in [0.29, 0.717) is 5.02 Å². The number of nitrogens with zero attached hydrogens (tertiary/aromatic N) is 1. The molecule has 1 heterocycles. The number of amides is 1. The van der Waals surface area contributed by atoms with E-state index in [4.69, 9.17) is 23.2 Å². The number of hydrogen-bond acceptors (Lipinski definition) is 5. The van der Waals surface area contributed by atoms with Gasteiger partial charge in [0.05, 0.1) is 22.3 Å². The zero-order valence-electron chi connectivity index (χ0n) is 9.13. The Labute approximate surface area is 123 Å². The van der Waals surface area contributed by atoms with Gasteiger partial charge in [0.25, 0.3) is 15.9 Å². The smallest absolute Gasteiger partial charge is 0.268 e. The van der Waals surface area contributed by atoms with Gasteiger partial charge in [0.15, 0.2) is 4.21 Å². The van der Waals surface area contributed by atoms with Gasteiger partial charge in [-0.25, -0.2) is 13.1 Å². The fourth-order valence-electron chi connectivity index (χ4n) is 1.24. The Morgan fingerprint density at radius 1 is 1.32 bits per heavy atom. The largest absolute Gasteiger partial charge is 0.275 e. The number of rotatable bonds is 3. The Bertz CT molecular complexity index is 714. The van der Waals surface area contributed by atoms with Crippen LogP contribution in [0.15, 0.2) is 34.1 Å². The first kappa shape index (κ1) is 14.3. The summed E-state index contributed by atoms with van der Waals surface area (Å²) in [5, 5.41) is 0.427. The summed E-state index contributed by atoms with van der Waals surface area (Å²) in [7, 11) is -3.93. The first-order valence-electron chi connectivity index (χ1n) is 4.81. The minimum atomic E-state index is -3.93. The molecule has 2 aromatic rings. The van der Waals surface area contributed by atoms with E-state index < -0.39 is 15.9 Å². The molecule has 0 spiro atoms. The zero-order chi connectivity index (χ0) is 14.0. The molecule has 0 bridgehead atoms. The molecule has 5 nitrogen and oxygen atoms in total. The quantitative estimate of drug-likeness (QED) is 0.934. The van der Waals surface area contributed by atoms with Gasteiger partial charge >= 0.3 is 0 Å². The van der Waals surface area contributed by atoms with E-state index in [-0.39, 0.29) is 14.8 Å². The lowest BCUT2D eigenvalue weighted by atomic mass is 10.2. The third-order valence-electron chi connectivity index (χ3n) is 2.08. The van der Waals surface area contributed by atoms with Gasteiger partial charge in [-0.1, -0.05) is 23.2 Å². The van der Waals surface area contributed by atoms with Crippen molar-refractivity contribution in [3.8, 4) is 0 Å². The average Bonchev–Trinajstić information content (AvgIpc) is 2.81. The van der Waals surface area contributed by atoms with E-state index in [2.05, 4.69) is 4.98 Å². The van der Waals surface area contributed by atoms with Crippen LogP contribution in [0.1, 0.15) is 10.4 Å². The second kappa shape index (κ2) is 5.46. The van der Waals surface area contributed by atoms with Crippen LogP contribution in [0.3, 0.4) is 0 Å². The number of nitrogens with one attached hydrogen (secondary N) is 1. The summed E-state index contributed by atoms with van der Waals surface area (Å²) in [4.78, 5) is 15.5. The number of sulfonamides is 1. The third-order valence-corrected chi connectivity index (χ3v) is 5.23. The highest BCUT2D eigenvalue weighted by atomic mass is 35.5. The monoisotopic (exact) mass is 336 g/mol. The van der Waals surface area contributed by atoms with Crippen molar-refractivity contribution in [1.82, 2.24) is 9.71 Å². The van der Waals surface area contributed by atoms with E-state index in [1.807, 2.05) is 4.72 Å². The summed E-state index contributed by atoms with van der Waals surface area (Å²) in [6.07, 6.45) is 1.16. The molecule has 0 unspecified atom stereocenters. The van der Waals surface area contributed by atoms with Crippen LogP contribution in [0.4, 0.5) is 0 Å². The second-order valence-corrected chi connectivity index (χ2v) is 7.02. The average molecular weight is 337 g/mol. The van der Waals surface area contributed by atoms with E-state index in [0.717, 1.165) is 17.5 Å². The highest BCUT2D eigenvalue weighted by molar-refractivity contribution is 7.92. The number of carbonyl (C=O) groups excluding carboxylic acids is 1. The highest BCUT2D eigenvalue weighted by Gasteiger charge is 2.21. The molecule has 2 rings (SSSR count). The van der Waals surface area contributed by atoms with Crippen LogP contribution in [-0.4, -0.2) is 19.3 Å². The van der Waals surface area contributed by atoms with Gasteiger partial charge in [-0.2, -0.15) is 0 Å². The molecule has 0 radical (unpaired) electrons. The number of carbonyl (C=O) groups is 1. The number of halogens is 2. The van der Waals surface area contributed by atoms with Crippen molar-refractivity contribution in [3.05, 3.63) is 45.5 Å². The maximum absolute atomic E-state index is 11.9.